The Hall–Kier alpha value is -2.35. The van der Waals surface area contributed by atoms with Gasteiger partial charge in [-0.25, -0.2) is 8.42 Å². The lowest BCUT2D eigenvalue weighted by molar-refractivity contribution is 0.0959. The van der Waals surface area contributed by atoms with Crippen molar-refractivity contribution in [1.29, 1.82) is 0 Å². The maximum Gasteiger partial charge on any atom is 0.264 e. The summed E-state index contributed by atoms with van der Waals surface area (Å²) in [7, 11) is -2.36. The Morgan fingerprint density at radius 2 is 1.75 bits per heavy atom. The van der Waals surface area contributed by atoms with Crippen LogP contribution in [-0.2, 0) is 16.4 Å². The largest absolute Gasteiger partial charge is 0.351 e. The number of benzene rings is 2. The molecule has 3 rings (SSSR count). The third-order valence-electron chi connectivity index (χ3n) is 4.20. The van der Waals surface area contributed by atoms with E-state index >= 15 is 0 Å². The number of halogens is 1. The van der Waals surface area contributed by atoms with Crippen LogP contribution in [0.4, 0.5) is 5.69 Å². The summed E-state index contributed by atoms with van der Waals surface area (Å²) < 4.78 is 26.9. The van der Waals surface area contributed by atoms with E-state index < -0.39 is 10.0 Å². The Morgan fingerprint density at radius 3 is 2.43 bits per heavy atom. The quantitative estimate of drug-likeness (QED) is 0.606. The number of anilines is 1. The Kier molecular flexibility index (Phi) is 6.39. The highest BCUT2D eigenvalue weighted by Gasteiger charge is 2.26. The molecule has 0 fully saturated rings. The molecule has 0 radical (unpaired) electrons. The number of thiophene rings is 1. The third-order valence-corrected chi connectivity index (χ3v) is 7.14. The molecule has 0 atom stereocenters. The minimum absolute atomic E-state index is 0.112. The molecule has 1 aromatic heterocycles. The van der Waals surface area contributed by atoms with Crippen molar-refractivity contribution < 1.29 is 13.2 Å². The Bertz CT molecular complexity index is 1050. The Balaban J connectivity index is 1.73. The van der Waals surface area contributed by atoms with Gasteiger partial charge in [0.1, 0.15) is 4.88 Å². The molecule has 0 unspecified atom stereocenters. The first-order valence-corrected chi connectivity index (χ1v) is 11.2. The first-order chi connectivity index (χ1) is 13.4. The molecule has 8 heteroatoms. The minimum Gasteiger partial charge on any atom is -0.351 e. The second-order valence-corrected chi connectivity index (χ2v) is 9.37. The van der Waals surface area contributed by atoms with E-state index in [1.807, 2.05) is 30.3 Å². The number of nitrogens with one attached hydrogen (secondary N) is 1. The first-order valence-electron chi connectivity index (χ1n) is 8.53. The van der Waals surface area contributed by atoms with Gasteiger partial charge in [0.15, 0.2) is 0 Å². The van der Waals surface area contributed by atoms with Crippen LogP contribution < -0.4 is 9.62 Å². The highest BCUT2D eigenvalue weighted by molar-refractivity contribution is 7.92. The van der Waals surface area contributed by atoms with Crippen molar-refractivity contribution in [3.63, 3.8) is 0 Å². The van der Waals surface area contributed by atoms with Gasteiger partial charge >= 0.3 is 0 Å². The van der Waals surface area contributed by atoms with Crippen LogP contribution in [0.1, 0.15) is 15.2 Å². The van der Waals surface area contributed by atoms with Crippen LogP contribution in [0.15, 0.2) is 70.9 Å². The fourth-order valence-electron chi connectivity index (χ4n) is 2.66. The summed E-state index contributed by atoms with van der Waals surface area (Å²) in [6.45, 7) is 0.466. The summed E-state index contributed by atoms with van der Waals surface area (Å²) in [4.78, 5) is 13.1. The van der Waals surface area contributed by atoms with E-state index in [1.54, 1.807) is 11.4 Å². The molecule has 0 spiro atoms. The van der Waals surface area contributed by atoms with Crippen molar-refractivity contribution in [3.05, 3.63) is 81.5 Å². The van der Waals surface area contributed by atoms with Gasteiger partial charge in [-0.2, -0.15) is 0 Å². The van der Waals surface area contributed by atoms with E-state index in [2.05, 4.69) is 5.32 Å². The molecule has 1 heterocycles. The van der Waals surface area contributed by atoms with Gasteiger partial charge in [0.2, 0.25) is 0 Å². The van der Waals surface area contributed by atoms with Crippen molar-refractivity contribution in [3.8, 4) is 0 Å². The molecule has 0 aliphatic rings. The summed E-state index contributed by atoms with van der Waals surface area (Å²) >= 11 is 7.05. The molecule has 146 valence electrons. The average Bonchev–Trinajstić information content (AvgIpc) is 3.18. The Morgan fingerprint density at radius 1 is 1.07 bits per heavy atom. The highest BCUT2D eigenvalue weighted by Crippen LogP contribution is 2.30. The van der Waals surface area contributed by atoms with Gasteiger partial charge in [-0.1, -0.05) is 41.9 Å². The van der Waals surface area contributed by atoms with Crippen molar-refractivity contribution in [2.75, 3.05) is 17.9 Å². The molecule has 5 nitrogen and oxygen atoms in total. The van der Waals surface area contributed by atoms with Crippen LogP contribution in [-0.4, -0.2) is 27.9 Å². The fourth-order valence-corrected chi connectivity index (χ4v) is 4.89. The van der Waals surface area contributed by atoms with E-state index in [0.29, 0.717) is 28.6 Å². The molecule has 1 N–H and O–H groups in total. The molecular formula is C20H19ClN2O3S2. The molecule has 0 bridgehead atoms. The topological polar surface area (TPSA) is 66.5 Å². The molecule has 2 aromatic carbocycles. The molecule has 0 aliphatic carbocycles. The molecule has 1 amide bonds. The smallest absolute Gasteiger partial charge is 0.264 e. The fraction of sp³-hybridized carbons (Fsp3) is 0.150. The van der Waals surface area contributed by atoms with Gasteiger partial charge in [-0.15, -0.1) is 11.3 Å². The lowest BCUT2D eigenvalue weighted by Gasteiger charge is -2.19. The van der Waals surface area contributed by atoms with Gasteiger partial charge in [0.25, 0.3) is 15.9 Å². The van der Waals surface area contributed by atoms with E-state index in [1.165, 1.54) is 42.6 Å². The van der Waals surface area contributed by atoms with Crippen molar-refractivity contribution >= 4 is 44.6 Å². The van der Waals surface area contributed by atoms with Crippen LogP contribution in [0.2, 0.25) is 5.02 Å². The summed E-state index contributed by atoms with van der Waals surface area (Å²) in [6.07, 6.45) is 0.701. The lowest BCUT2D eigenvalue weighted by Crippen LogP contribution is -2.30. The zero-order valence-electron chi connectivity index (χ0n) is 15.1. The summed E-state index contributed by atoms with van der Waals surface area (Å²) in [5.74, 6) is -0.293. The maximum absolute atomic E-state index is 12.9. The lowest BCUT2D eigenvalue weighted by atomic mass is 10.1. The average molecular weight is 435 g/mol. The van der Waals surface area contributed by atoms with Gasteiger partial charge in [0, 0.05) is 18.6 Å². The number of rotatable bonds is 7. The molecule has 28 heavy (non-hydrogen) atoms. The van der Waals surface area contributed by atoms with Crippen molar-refractivity contribution in [2.45, 2.75) is 11.3 Å². The number of carbonyl (C=O) groups excluding carboxylic acids is 1. The zero-order valence-corrected chi connectivity index (χ0v) is 17.5. The van der Waals surface area contributed by atoms with E-state index in [0.717, 1.165) is 9.87 Å². The van der Waals surface area contributed by atoms with Crippen LogP contribution in [0.3, 0.4) is 0 Å². The van der Waals surface area contributed by atoms with Gasteiger partial charge < -0.3 is 5.32 Å². The van der Waals surface area contributed by atoms with E-state index in [4.69, 9.17) is 11.6 Å². The van der Waals surface area contributed by atoms with Crippen molar-refractivity contribution in [1.82, 2.24) is 5.32 Å². The van der Waals surface area contributed by atoms with Gasteiger partial charge in [0.05, 0.1) is 10.6 Å². The van der Waals surface area contributed by atoms with Crippen LogP contribution in [0.5, 0.6) is 0 Å². The number of nitrogens with zero attached hydrogens (tertiary/aromatic N) is 1. The molecule has 0 aliphatic heterocycles. The number of sulfonamides is 1. The maximum atomic E-state index is 12.9. The number of carbonyl (C=O) groups is 1. The van der Waals surface area contributed by atoms with Gasteiger partial charge in [-0.05, 0) is 47.7 Å². The molecule has 0 saturated carbocycles. The first kappa shape index (κ1) is 20.4. The zero-order chi connectivity index (χ0) is 20.1. The molecule has 0 saturated heterocycles. The molecular weight excluding hydrogens is 416 g/mol. The summed E-state index contributed by atoms with van der Waals surface area (Å²) in [5, 5.41) is 5.02. The highest BCUT2D eigenvalue weighted by atomic mass is 35.5. The van der Waals surface area contributed by atoms with E-state index in [-0.39, 0.29) is 10.8 Å². The number of hydrogen-bond donors (Lipinski definition) is 1. The Labute approximate surface area is 173 Å². The normalized spacial score (nSPS) is 11.2. The van der Waals surface area contributed by atoms with Gasteiger partial charge in [-0.3, -0.25) is 9.10 Å². The minimum atomic E-state index is -3.80. The second kappa shape index (κ2) is 8.77. The monoisotopic (exact) mass is 434 g/mol. The van der Waals surface area contributed by atoms with Crippen molar-refractivity contribution in [2.24, 2.45) is 0 Å². The number of hydrogen-bond acceptors (Lipinski definition) is 4. The second-order valence-electron chi connectivity index (χ2n) is 6.05. The molecule has 3 aromatic rings. The van der Waals surface area contributed by atoms with E-state index in [9.17, 15) is 13.2 Å². The van der Waals surface area contributed by atoms with Crippen LogP contribution >= 0.6 is 22.9 Å². The summed E-state index contributed by atoms with van der Waals surface area (Å²) in [6, 6.07) is 17.4. The van der Waals surface area contributed by atoms with Crippen LogP contribution in [0.25, 0.3) is 0 Å². The van der Waals surface area contributed by atoms with Crippen LogP contribution in [0, 0.1) is 0 Å². The summed E-state index contributed by atoms with van der Waals surface area (Å²) in [5.41, 5.74) is 1.47. The SMILES string of the molecule is CN(c1ccsc1C(=O)NCCc1ccccc1)S(=O)(=O)c1ccc(Cl)cc1. The number of amides is 1. The standard InChI is InChI=1S/C20H19ClN2O3S2/c1-23(28(25,26)17-9-7-16(21)8-10-17)18-12-14-27-19(18)20(24)22-13-11-15-5-3-2-4-6-15/h2-10,12,14H,11,13H2,1H3,(H,22,24). The predicted molar refractivity (Wildman–Crippen MR) is 114 cm³/mol. The predicted octanol–water partition coefficient (Wildman–Crippen LogP) is 4.20. The third kappa shape index (κ3) is 4.55.